The maximum absolute atomic E-state index is 12.9. The van der Waals surface area contributed by atoms with Gasteiger partial charge in [-0.15, -0.1) is 0 Å². The van der Waals surface area contributed by atoms with Gasteiger partial charge in [0.25, 0.3) is 0 Å². The van der Waals surface area contributed by atoms with Crippen LogP contribution in [-0.2, 0) is 23.8 Å². The van der Waals surface area contributed by atoms with Gasteiger partial charge in [-0.25, -0.2) is 0 Å². The van der Waals surface area contributed by atoms with Gasteiger partial charge in [-0.2, -0.15) is 0 Å². The molecule has 1 aliphatic carbocycles. The summed E-state index contributed by atoms with van der Waals surface area (Å²) >= 11 is 0. The van der Waals surface area contributed by atoms with Gasteiger partial charge in [-0.3, -0.25) is 9.59 Å². The Morgan fingerprint density at radius 3 is 2.75 bits per heavy atom. The first-order chi connectivity index (χ1) is 11.7. The molecule has 1 unspecified atom stereocenters. The first-order valence-corrected chi connectivity index (χ1v) is 8.95. The number of likely N-dealkylation sites (tertiary alicyclic amines) is 1. The number of hydrogen-bond donors (Lipinski definition) is 1. The van der Waals surface area contributed by atoms with Crippen molar-refractivity contribution in [1.82, 2.24) is 10.2 Å². The summed E-state index contributed by atoms with van der Waals surface area (Å²) < 4.78 is 16.2. The van der Waals surface area contributed by atoms with E-state index in [9.17, 15) is 9.59 Å². The largest absolute Gasteiger partial charge is 0.383 e. The van der Waals surface area contributed by atoms with E-state index in [1.165, 1.54) is 0 Å². The van der Waals surface area contributed by atoms with Crippen LogP contribution in [0.3, 0.4) is 0 Å². The Balaban J connectivity index is 1.41. The smallest absolute Gasteiger partial charge is 0.226 e. The van der Waals surface area contributed by atoms with Gasteiger partial charge < -0.3 is 24.4 Å². The summed E-state index contributed by atoms with van der Waals surface area (Å²) in [5.41, 5.74) is 0. The molecule has 0 aromatic carbocycles. The van der Waals surface area contributed by atoms with Crippen LogP contribution < -0.4 is 5.32 Å². The average molecular weight is 338 g/mol. The van der Waals surface area contributed by atoms with Crippen LogP contribution in [0.5, 0.6) is 0 Å². The predicted octanol–water partition coefficient (Wildman–Crippen LogP) is -0.495. The Morgan fingerprint density at radius 1 is 1.21 bits per heavy atom. The molecule has 2 amide bonds. The van der Waals surface area contributed by atoms with Crippen molar-refractivity contribution >= 4 is 11.8 Å². The van der Waals surface area contributed by atoms with Crippen LogP contribution >= 0.6 is 0 Å². The molecule has 7 nitrogen and oxygen atoms in total. The van der Waals surface area contributed by atoms with Gasteiger partial charge in [0.05, 0.1) is 31.8 Å². The monoisotopic (exact) mass is 338 g/mol. The van der Waals surface area contributed by atoms with Crippen molar-refractivity contribution in [2.24, 2.45) is 29.6 Å². The van der Waals surface area contributed by atoms with Crippen LogP contribution in [0.4, 0.5) is 0 Å². The summed E-state index contributed by atoms with van der Waals surface area (Å²) in [6.07, 6.45) is 0.896. The van der Waals surface area contributed by atoms with Crippen LogP contribution in [0.2, 0.25) is 0 Å². The Hall–Kier alpha value is -1.18. The predicted molar refractivity (Wildman–Crippen MR) is 84.1 cm³/mol. The molecule has 0 radical (unpaired) electrons. The van der Waals surface area contributed by atoms with Crippen LogP contribution in [0, 0.1) is 29.6 Å². The lowest BCUT2D eigenvalue weighted by molar-refractivity contribution is -0.143. The van der Waals surface area contributed by atoms with Crippen LogP contribution in [-0.4, -0.2) is 76.0 Å². The van der Waals surface area contributed by atoms with E-state index in [2.05, 4.69) is 5.32 Å². The zero-order valence-electron chi connectivity index (χ0n) is 14.1. The number of piperidine rings is 1. The fraction of sp³-hybridized carbons (Fsp3) is 0.882. The van der Waals surface area contributed by atoms with Crippen molar-refractivity contribution in [2.75, 3.05) is 53.2 Å². The highest BCUT2D eigenvalue weighted by Gasteiger charge is 2.60. The highest BCUT2D eigenvalue weighted by molar-refractivity contribution is 5.85. The minimum absolute atomic E-state index is 0.00397. The number of carbonyl (C=O) groups is 2. The molecule has 0 spiro atoms. The van der Waals surface area contributed by atoms with E-state index in [4.69, 9.17) is 14.2 Å². The number of hydrogen-bond acceptors (Lipinski definition) is 5. The lowest BCUT2D eigenvalue weighted by Gasteiger charge is -2.39. The summed E-state index contributed by atoms with van der Waals surface area (Å²) in [4.78, 5) is 27.3. The molecule has 134 valence electrons. The molecule has 4 fully saturated rings. The minimum Gasteiger partial charge on any atom is -0.383 e. The van der Waals surface area contributed by atoms with E-state index in [0.717, 1.165) is 6.42 Å². The van der Waals surface area contributed by atoms with E-state index in [0.29, 0.717) is 57.9 Å². The fourth-order valence-electron chi connectivity index (χ4n) is 4.66. The normalized spacial score (nSPS) is 40.1. The molecule has 0 bridgehead atoms. The average Bonchev–Trinajstić information content (AvgIpc) is 2.97. The van der Waals surface area contributed by atoms with Crippen molar-refractivity contribution in [3.05, 3.63) is 0 Å². The Bertz CT molecular complexity index is 503. The highest BCUT2D eigenvalue weighted by atomic mass is 16.5. The molecule has 4 aliphatic rings. The van der Waals surface area contributed by atoms with Crippen molar-refractivity contribution in [2.45, 2.75) is 12.5 Å². The van der Waals surface area contributed by atoms with Gasteiger partial charge in [0.2, 0.25) is 11.8 Å². The second-order valence-electron chi connectivity index (χ2n) is 7.39. The summed E-state index contributed by atoms with van der Waals surface area (Å²) in [5, 5.41) is 2.93. The Labute approximate surface area is 142 Å². The minimum atomic E-state index is -0.179. The van der Waals surface area contributed by atoms with Gasteiger partial charge >= 0.3 is 0 Å². The third kappa shape index (κ3) is 2.82. The van der Waals surface area contributed by atoms with Gasteiger partial charge in [0.1, 0.15) is 0 Å². The number of carbonyl (C=O) groups excluding carboxylic acids is 2. The molecule has 0 aromatic heterocycles. The van der Waals surface area contributed by atoms with Gasteiger partial charge in [0, 0.05) is 45.2 Å². The topological polar surface area (TPSA) is 77.1 Å². The standard InChI is InChI=1S/C17H26N2O5/c1-22-5-3-18-16(20)11-6-19(7-14-10(11)2-4-24-14)17(21)15-12-8-23-9-13(12)15/h10-15H,2-9H2,1H3,(H,18,20)/t10-,11+,12-,13+,14+,15?/m0/s1. The molecule has 7 heteroatoms. The number of amides is 2. The number of ether oxygens (including phenoxy) is 3. The molecule has 0 aromatic rings. The Kier molecular flexibility index (Phi) is 4.49. The number of fused-ring (bicyclic) bond motifs is 2. The third-order valence-corrected chi connectivity index (χ3v) is 6.09. The van der Waals surface area contributed by atoms with Crippen LogP contribution in [0.15, 0.2) is 0 Å². The molecule has 3 aliphatic heterocycles. The van der Waals surface area contributed by atoms with Crippen molar-refractivity contribution in [3.63, 3.8) is 0 Å². The van der Waals surface area contributed by atoms with Gasteiger partial charge in [-0.05, 0) is 18.3 Å². The molecule has 4 rings (SSSR count). The zero-order chi connectivity index (χ0) is 16.7. The highest BCUT2D eigenvalue weighted by Crippen LogP contribution is 2.52. The fourth-order valence-corrected chi connectivity index (χ4v) is 4.66. The van der Waals surface area contributed by atoms with E-state index in [1.807, 2.05) is 4.90 Å². The number of rotatable bonds is 5. The lowest BCUT2D eigenvalue weighted by Crippen LogP contribution is -2.55. The molecule has 6 atom stereocenters. The van der Waals surface area contributed by atoms with E-state index >= 15 is 0 Å². The maximum atomic E-state index is 12.9. The third-order valence-electron chi connectivity index (χ3n) is 6.09. The Morgan fingerprint density at radius 2 is 2.00 bits per heavy atom. The number of nitrogens with zero attached hydrogens (tertiary/aromatic N) is 1. The molecule has 3 saturated heterocycles. The van der Waals surface area contributed by atoms with Gasteiger partial charge in [0.15, 0.2) is 0 Å². The van der Waals surface area contributed by atoms with Crippen molar-refractivity contribution in [1.29, 1.82) is 0 Å². The summed E-state index contributed by atoms with van der Waals surface area (Å²) in [6, 6.07) is 0. The molecular weight excluding hydrogens is 312 g/mol. The molecule has 3 heterocycles. The zero-order valence-corrected chi connectivity index (χ0v) is 14.1. The molecule has 1 N–H and O–H groups in total. The first-order valence-electron chi connectivity index (χ1n) is 8.95. The van der Waals surface area contributed by atoms with Crippen molar-refractivity contribution < 1.29 is 23.8 Å². The SMILES string of the molecule is COCCNC(=O)[C@@H]1CN(C(=O)C2[C@H]3COC[C@@H]23)C[C@H]2OCC[C@H]21. The van der Waals surface area contributed by atoms with Crippen LogP contribution in [0.1, 0.15) is 6.42 Å². The molecule has 1 saturated carbocycles. The summed E-state index contributed by atoms with van der Waals surface area (Å²) in [6.45, 7) is 4.24. The first kappa shape index (κ1) is 16.3. The van der Waals surface area contributed by atoms with E-state index in [1.54, 1.807) is 7.11 Å². The maximum Gasteiger partial charge on any atom is 0.226 e. The number of nitrogens with one attached hydrogen (secondary N) is 1. The second kappa shape index (κ2) is 6.61. The van der Waals surface area contributed by atoms with Crippen LogP contribution in [0.25, 0.3) is 0 Å². The molecular formula is C17H26N2O5. The van der Waals surface area contributed by atoms with E-state index in [-0.39, 0.29) is 35.7 Å². The second-order valence-corrected chi connectivity index (χ2v) is 7.39. The quantitative estimate of drug-likeness (QED) is 0.684. The van der Waals surface area contributed by atoms with E-state index < -0.39 is 0 Å². The van der Waals surface area contributed by atoms with Gasteiger partial charge in [-0.1, -0.05) is 0 Å². The molecule has 24 heavy (non-hydrogen) atoms. The lowest BCUT2D eigenvalue weighted by atomic mass is 9.82. The summed E-state index contributed by atoms with van der Waals surface area (Å²) in [7, 11) is 1.62. The summed E-state index contributed by atoms with van der Waals surface area (Å²) in [5.74, 6) is 1.15. The van der Waals surface area contributed by atoms with Crippen molar-refractivity contribution in [3.8, 4) is 0 Å². The number of methoxy groups -OCH3 is 1.